The van der Waals surface area contributed by atoms with Crippen molar-refractivity contribution in [1.82, 2.24) is 5.32 Å². The van der Waals surface area contributed by atoms with E-state index in [0.29, 0.717) is 36.9 Å². The van der Waals surface area contributed by atoms with Gasteiger partial charge in [0.25, 0.3) is 0 Å². The summed E-state index contributed by atoms with van der Waals surface area (Å²) in [7, 11) is 3.11. The molecule has 0 saturated carbocycles. The second kappa shape index (κ2) is 9.04. The topological polar surface area (TPSA) is 109 Å². The number of benzene rings is 1. The Balaban J connectivity index is 2.65. The third-order valence-electron chi connectivity index (χ3n) is 2.85. The number of carbonyl (C=O) groups excluding carboxylic acids is 1. The number of carbonyl (C=O) groups is 1. The molecule has 0 saturated heterocycles. The lowest BCUT2D eigenvalue weighted by Gasteiger charge is -2.14. The van der Waals surface area contributed by atoms with Gasteiger partial charge in [0.1, 0.15) is 17.2 Å². The van der Waals surface area contributed by atoms with Crippen LogP contribution in [-0.4, -0.2) is 39.8 Å². The van der Waals surface area contributed by atoms with Gasteiger partial charge in [0.2, 0.25) is 5.91 Å². The van der Waals surface area contributed by atoms with E-state index in [-0.39, 0.29) is 18.9 Å². The number of methoxy groups -OCH3 is 2. The highest BCUT2D eigenvalue weighted by Gasteiger charge is 2.12. The molecule has 1 aromatic rings. The Morgan fingerprint density at radius 3 is 2.29 bits per heavy atom. The largest absolute Gasteiger partial charge is 0.496 e. The minimum Gasteiger partial charge on any atom is -0.496 e. The summed E-state index contributed by atoms with van der Waals surface area (Å²) in [4.78, 5) is 11.4. The monoisotopic (exact) mass is 297 g/mol. The minimum absolute atomic E-state index is 0.0991. The van der Waals surface area contributed by atoms with Gasteiger partial charge in [0, 0.05) is 37.3 Å². The van der Waals surface area contributed by atoms with E-state index >= 15 is 0 Å². The van der Waals surface area contributed by atoms with E-state index in [4.69, 9.17) is 25.7 Å². The first-order chi connectivity index (χ1) is 10.2. The van der Waals surface area contributed by atoms with E-state index in [1.807, 2.05) is 0 Å². The standard InChI is InChI=1S/C14H23N3O4/c1-19-12-7-10(8-13(20-2)11(12)9-16)21-6-3-14(18)17-5-4-15/h7-8H,3-6,9,15-16H2,1-2H3,(H,17,18). The van der Waals surface area contributed by atoms with Crippen molar-refractivity contribution < 1.29 is 19.0 Å². The molecular formula is C14H23N3O4. The van der Waals surface area contributed by atoms with Crippen molar-refractivity contribution in [2.24, 2.45) is 11.5 Å². The number of nitrogens with two attached hydrogens (primary N) is 2. The van der Waals surface area contributed by atoms with E-state index in [2.05, 4.69) is 5.32 Å². The number of amides is 1. The molecule has 0 unspecified atom stereocenters. The molecule has 0 bridgehead atoms. The van der Waals surface area contributed by atoms with Gasteiger partial charge < -0.3 is 31.0 Å². The first kappa shape index (κ1) is 17.1. The lowest BCUT2D eigenvalue weighted by atomic mass is 10.1. The minimum atomic E-state index is -0.0991. The number of rotatable bonds is 9. The summed E-state index contributed by atoms with van der Waals surface area (Å²) in [6.45, 7) is 1.44. The molecule has 0 aliphatic heterocycles. The van der Waals surface area contributed by atoms with Crippen LogP contribution in [0.2, 0.25) is 0 Å². The first-order valence-corrected chi connectivity index (χ1v) is 6.70. The molecule has 1 rings (SSSR count). The van der Waals surface area contributed by atoms with Crippen LogP contribution in [0.3, 0.4) is 0 Å². The average molecular weight is 297 g/mol. The number of hydrogen-bond donors (Lipinski definition) is 3. The van der Waals surface area contributed by atoms with Gasteiger partial charge in [-0.1, -0.05) is 0 Å². The third kappa shape index (κ3) is 5.13. The molecule has 0 aromatic heterocycles. The van der Waals surface area contributed by atoms with Gasteiger partial charge in [-0.05, 0) is 0 Å². The SMILES string of the molecule is COc1cc(OCCC(=O)NCCN)cc(OC)c1CN. The van der Waals surface area contributed by atoms with Gasteiger partial charge in [0.05, 0.1) is 27.2 Å². The van der Waals surface area contributed by atoms with Gasteiger partial charge in [-0.25, -0.2) is 0 Å². The van der Waals surface area contributed by atoms with Gasteiger partial charge in [-0.2, -0.15) is 0 Å². The molecule has 7 nitrogen and oxygen atoms in total. The Morgan fingerprint density at radius 2 is 1.81 bits per heavy atom. The zero-order chi connectivity index (χ0) is 15.7. The lowest BCUT2D eigenvalue weighted by Crippen LogP contribution is -2.29. The average Bonchev–Trinajstić information content (AvgIpc) is 2.51. The van der Waals surface area contributed by atoms with E-state index in [0.717, 1.165) is 5.56 Å². The maximum atomic E-state index is 11.4. The normalized spacial score (nSPS) is 10.1. The molecule has 0 fully saturated rings. The molecule has 1 aromatic carbocycles. The van der Waals surface area contributed by atoms with Crippen molar-refractivity contribution in [3.63, 3.8) is 0 Å². The molecule has 0 radical (unpaired) electrons. The van der Waals surface area contributed by atoms with Crippen molar-refractivity contribution >= 4 is 5.91 Å². The van der Waals surface area contributed by atoms with Crippen LogP contribution >= 0.6 is 0 Å². The van der Waals surface area contributed by atoms with Gasteiger partial charge >= 0.3 is 0 Å². The zero-order valence-electron chi connectivity index (χ0n) is 12.5. The van der Waals surface area contributed by atoms with Crippen LogP contribution in [-0.2, 0) is 11.3 Å². The van der Waals surface area contributed by atoms with Gasteiger partial charge in [-0.3, -0.25) is 4.79 Å². The quantitative estimate of drug-likeness (QED) is 0.592. The Hall–Kier alpha value is -1.99. The summed E-state index contributed by atoms with van der Waals surface area (Å²) in [5.41, 5.74) is 11.8. The predicted molar refractivity (Wildman–Crippen MR) is 79.6 cm³/mol. The Labute approximate surface area is 124 Å². The third-order valence-corrected chi connectivity index (χ3v) is 2.85. The number of nitrogens with one attached hydrogen (secondary N) is 1. The summed E-state index contributed by atoms with van der Waals surface area (Å²) >= 11 is 0. The maximum absolute atomic E-state index is 11.4. The summed E-state index contributed by atoms with van der Waals surface area (Å²) in [5, 5.41) is 2.67. The molecule has 21 heavy (non-hydrogen) atoms. The van der Waals surface area contributed by atoms with Crippen molar-refractivity contribution in [3.05, 3.63) is 17.7 Å². The first-order valence-electron chi connectivity index (χ1n) is 6.70. The Morgan fingerprint density at radius 1 is 1.19 bits per heavy atom. The van der Waals surface area contributed by atoms with Crippen LogP contribution in [0.4, 0.5) is 0 Å². The fourth-order valence-corrected chi connectivity index (χ4v) is 1.81. The van der Waals surface area contributed by atoms with Crippen LogP contribution in [0.15, 0.2) is 12.1 Å². The van der Waals surface area contributed by atoms with Crippen LogP contribution in [0.25, 0.3) is 0 Å². The van der Waals surface area contributed by atoms with Crippen LogP contribution in [0.5, 0.6) is 17.2 Å². The molecule has 0 heterocycles. The van der Waals surface area contributed by atoms with Crippen LogP contribution in [0, 0.1) is 0 Å². The summed E-state index contributed by atoms with van der Waals surface area (Å²) in [6.07, 6.45) is 0.253. The van der Waals surface area contributed by atoms with Gasteiger partial charge in [-0.15, -0.1) is 0 Å². The smallest absolute Gasteiger partial charge is 0.223 e. The van der Waals surface area contributed by atoms with E-state index < -0.39 is 0 Å². The fourth-order valence-electron chi connectivity index (χ4n) is 1.81. The highest BCUT2D eigenvalue weighted by molar-refractivity contribution is 5.75. The van der Waals surface area contributed by atoms with Crippen molar-refractivity contribution in [1.29, 1.82) is 0 Å². The summed E-state index contributed by atoms with van der Waals surface area (Å²) in [5.74, 6) is 1.66. The van der Waals surface area contributed by atoms with E-state index in [1.54, 1.807) is 26.4 Å². The molecular weight excluding hydrogens is 274 g/mol. The second-order valence-corrected chi connectivity index (χ2v) is 4.25. The number of hydrogen-bond acceptors (Lipinski definition) is 6. The van der Waals surface area contributed by atoms with E-state index in [1.165, 1.54) is 0 Å². The molecule has 5 N–H and O–H groups in total. The predicted octanol–water partition coefficient (Wildman–Crippen LogP) is 0.00630. The molecule has 0 aliphatic carbocycles. The molecule has 0 atom stereocenters. The Bertz CT molecular complexity index is 441. The number of ether oxygens (including phenoxy) is 3. The van der Waals surface area contributed by atoms with Gasteiger partial charge in [0.15, 0.2) is 0 Å². The van der Waals surface area contributed by atoms with Crippen molar-refractivity contribution in [2.45, 2.75) is 13.0 Å². The second-order valence-electron chi connectivity index (χ2n) is 4.25. The van der Waals surface area contributed by atoms with Crippen molar-refractivity contribution in [2.75, 3.05) is 33.9 Å². The summed E-state index contributed by atoms with van der Waals surface area (Å²) in [6, 6.07) is 3.45. The molecule has 118 valence electrons. The molecule has 7 heteroatoms. The Kier molecular flexibility index (Phi) is 7.34. The van der Waals surface area contributed by atoms with Crippen LogP contribution < -0.4 is 31.0 Å². The highest BCUT2D eigenvalue weighted by atomic mass is 16.5. The molecule has 0 spiro atoms. The van der Waals surface area contributed by atoms with Crippen LogP contribution in [0.1, 0.15) is 12.0 Å². The van der Waals surface area contributed by atoms with Crippen molar-refractivity contribution in [3.8, 4) is 17.2 Å². The maximum Gasteiger partial charge on any atom is 0.223 e. The highest BCUT2D eigenvalue weighted by Crippen LogP contribution is 2.33. The summed E-state index contributed by atoms with van der Waals surface area (Å²) < 4.78 is 16.1. The van der Waals surface area contributed by atoms with E-state index in [9.17, 15) is 4.79 Å². The lowest BCUT2D eigenvalue weighted by molar-refractivity contribution is -0.121. The zero-order valence-corrected chi connectivity index (χ0v) is 12.5. The fraction of sp³-hybridized carbons (Fsp3) is 0.500. The molecule has 1 amide bonds. The molecule has 0 aliphatic rings.